The summed E-state index contributed by atoms with van der Waals surface area (Å²) in [6.45, 7) is 7.62. The molecule has 3 heterocycles. The van der Waals surface area contributed by atoms with E-state index in [-0.39, 0.29) is 5.91 Å². The monoisotopic (exact) mass is 397 g/mol. The third-order valence-electron chi connectivity index (χ3n) is 5.11. The third-order valence-corrected chi connectivity index (χ3v) is 6.20. The highest BCUT2D eigenvalue weighted by Gasteiger charge is 2.19. The number of nitrogens with zero attached hydrogens (tertiary/aromatic N) is 3. The molecule has 0 saturated carbocycles. The zero-order chi connectivity index (χ0) is 19.7. The predicted octanol–water partition coefficient (Wildman–Crippen LogP) is 2.66. The van der Waals surface area contributed by atoms with Gasteiger partial charge in [-0.3, -0.25) is 4.79 Å². The lowest BCUT2D eigenvalue weighted by Crippen LogP contribution is -2.36. The Labute approximate surface area is 167 Å². The number of aromatic nitrogens is 2. The molecule has 28 heavy (non-hydrogen) atoms. The molecule has 3 N–H and O–H groups in total. The van der Waals surface area contributed by atoms with Gasteiger partial charge in [0.25, 0.3) is 5.91 Å². The number of fused-ring (bicyclic) bond motifs is 1. The fourth-order valence-corrected chi connectivity index (χ4v) is 4.33. The van der Waals surface area contributed by atoms with Crippen LogP contribution in [0.3, 0.4) is 0 Å². The average molecular weight is 398 g/mol. The molecule has 8 heteroatoms. The first-order chi connectivity index (χ1) is 13.5. The van der Waals surface area contributed by atoms with Crippen molar-refractivity contribution in [2.45, 2.75) is 20.4 Å². The number of hydrogen-bond donors (Lipinski definition) is 2. The molecule has 0 radical (unpaired) electrons. The number of morpholine rings is 1. The molecule has 1 fully saturated rings. The molecule has 0 bridgehead atoms. The molecule has 3 aromatic rings. The number of nitrogens with one attached hydrogen (secondary N) is 1. The Morgan fingerprint density at radius 3 is 2.64 bits per heavy atom. The zero-order valence-electron chi connectivity index (χ0n) is 16.0. The molecule has 0 spiro atoms. The van der Waals surface area contributed by atoms with Crippen LogP contribution in [0.1, 0.15) is 26.5 Å². The highest BCUT2D eigenvalue weighted by molar-refractivity contribution is 7.21. The molecule has 0 aliphatic carbocycles. The van der Waals surface area contributed by atoms with E-state index in [1.165, 1.54) is 17.0 Å². The summed E-state index contributed by atoms with van der Waals surface area (Å²) in [6.07, 6.45) is 0. The molecule has 7 nitrogen and oxygen atoms in total. The average Bonchev–Trinajstić information content (AvgIpc) is 3.07. The van der Waals surface area contributed by atoms with E-state index in [0.717, 1.165) is 48.5 Å². The van der Waals surface area contributed by atoms with Crippen LogP contribution >= 0.6 is 11.3 Å². The Hall–Kier alpha value is -2.71. The minimum absolute atomic E-state index is 0.185. The van der Waals surface area contributed by atoms with Crippen LogP contribution in [0, 0.1) is 13.8 Å². The molecule has 0 atom stereocenters. The summed E-state index contributed by atoms with van der Waals surface area (Å²) < 4.78 is 5.39. The van der Waals surface area contributed by atoms with Crippen molar-refractivity contribution in [3.8, 4) is 0 Å². The number of rotatable bonds is 4. The molecule has 1 aliphatic rings. The first-order valence-electron chi connectivity index (χ1n) is 9.26. The van der Waals surface area contributed by atoms with Crippen molar-refractivity contribution in [1.82, 2.24) is 15.5 Å². The smallest absolute Gasteiger partial charge is 0.263 e. The maximum absolute atomic E-state index is 12.7. The molecule has 2 aromatic heterocycles. The first-order valence-corrected chi connectivity index (χ1v) is 10.1. The van der Waals surface area contributed by atoms with Crippen LogP contribution in [0.2, 0.25) is 0 Å². The molecular formula is C20H23N5O2S. The van der Waals surface area contributed by atoms with E-state index in [1.807, 2.05) is 26.0 Å². The number of carbonyl (C=O) groups is 1. The van der Waals surface area contributed by atoms with Gasteiger partial charge in [-0.15, -0.1) is 16.4 Å². The number of thiophene rings is 1. The van der Waals surface area contributed by atoms with Gasteiger partial charge in [0, 0.05) is 30.7 Å². The Kier molecular flexibility index (Phi) is 5.15. The van der Waals surface area contributed by atoms with Gasteiger partial charge in [-0.05, 0) is 37.1 Å². The van der Waals surface area contributed by atoms with E-state index in [1.54, 1.807) is 0 Å². The fraction of sp³-hybridized carbons (Fsp3) is 0.350. The lowest BCUT2D eigenvalue weighted by atomic mass is 10.1. The Balaban J connectivity index is 1.45. The van der Waals surface area contributed by atoms with E-state index >= 15 is 0 Å². The number of hydrogen-bond acceptors (Lipinski definition) is 7. The Morgan fingerprint density at radius 2 is 1.93 bits per heavy atom. The number of anilines is 2. The van der Waals surface area contributed by atoms with E-state index in [0.29, 0.717) is 21.9 Å². The van der Waals surface area contributed by atoms with Crippen LogP contribution in [0.25, 0.3) is 10.2 Å². The van der Waals surface area contributed by atoms with E-state index in [4.69, 9.17) is 10.5 Å². The topological polar surface area (TPSA) is 93.4 Å². The lowest BCUT2D eigenvalue weighted by molar-refractivity contribution is 0.0956. The number of benzene rings is 1. The van der Waals surface area contributed by atoms with Gasteiger partial charge in [0.05, 0.1) is 24.6 Å². The van der Waals surface area contributed by atoms with Crippen molar-refractivity contribution in [2.75, 3.05) is 36.9 Å². The summed E-state index contributed by atoms with van der Waals surface area (Å²) in [5.41, 5.74) is 10.7. The van der Waals surface area contributed by atoms with Gasteiger partial charge in [-0.1, -0.05) is 12.1 Å². The van der Waals surface area contributed by atoms with Crippen molar-refractivity contribution in [3.05, 3.63) is 46.0 Å². The highest BCUT2D eigenvalue weighted by atomic mass is 32.1. The normalized spacial score (nSPS) is 14.4. The number of aryl methyl sites for hydroxylation is 2. The summed E-state index contributed by atoms with van der Waals surface area (Å²) >= 11 is 1.28. The first kappa shape index (κ1) is 18.6. The number of nitrogens with two attached hydrogens (primary N) is 1. The van der Waals surface area contributed by atoms with Crippen molar-refractivity contribution in [2.24, 2.45) is 0 Å². The van der Waals surface area contributed by atoms with Gasteiger partial charge < -0.3 is 20.7 Å². The molecule has 1 aromatic carbocycles. The SMILES string of the molecule is Cc1nnc2sc(C(=O)NCc3ccc(N4CCOCC4)cc3)c(N)c2c1C. The van der Waals surface area contributed by atoms with Crippen molar-refractivity contribution in [1.29, 1.82) is 0 Å². The Morgan fingerprint density at radius 1 is 1.21 bits per heavy atom. The number of nitrogen functional groups attached to an aromatic ring is 1. The second kappa shape index (κ2) is 7.73. The van der Waals surface area contributed by atoms with Crippen LogP contribution < -0.4 is 16.0 Å². The quantitative estimate of drug-likeness (QED) is 0.703. The molecule has 146 valence electrons. The van der Waals surface area contributed by atoms with Crippen LogP contribution in [-0.4, -0.2) is 42.4 Å². The largest absolute Gasteiger partial charge is 0.397 e. The third kappa shape index (κ3) is 3.53. The second-order valence-electron chi connectivity index (χ2n) is 6.88. The highest BCUT2D eigenvalue weighted by Crippen LogP contribution is 2.34. The molecular weight excluding hydrogens is 374 g/mol. The maximum atomic E-state index is 12.7. The van der Waals surface area contributed by atoms with Crippen LogP contribution in [-0.2, 0) is 11.3 Å². The summed E-state index contributed by atoms with van der Waals surface area (Å²) in [6, 6.07) is 8.25. The minimum Gasteiger partial charge on any atom is -0.397 e. The molecule has 1 aliphatic heterocycles. The summed E-state index contributed by atoms with van der Waals surface area (Å²) in [4.78, 5) is 16.2. The van der Waals surface area contributed by atoms with Crippen LogP contribution in [0.15, 0.2) is 24.3 Å². The lowest BCUT2D eigenvalue weighted by Gasteiger charge is -2.28. The van der Waals surface area contributed by atoms with Gasteiger partial charge in [-0.2, -0.15) is 5.10 Å². The van der Waals surface area contributed by atoms with Gasteiger partial charge in [0.1, 0.15) is 9.71 Å². The molecule has 1 saturated heterocycles. The van der Waals surface area contributed by atoms with Crippen molar-refractivity contribution in [3.63, 3.8) is 0 Å². The van der Waals surface area contributed by atoms with Gasteiger partial charge in [0.15, 0.2) is 0 Å². The van der Waals surface area contributed by atoms with Gasteiger partial charge >= 0.3 is 0 Å². The number of amides is 1. The molecule has 4 rings (SSSR count). The van der Waals surface area contributed by atoms with Crippen molar-refractivity contribution < 1.29 is 9.53 Å². The summed E-state index contributed by atoms with van der Waals surface area (Å²) in [7, 11) is 0. The maximum Gasteiger partial charge on any atom is 0.263 e. The Bertz CT molecular complexity index is 1010. The number of carbonyl (C=O) groups excluding carboxylic acids is 1. The second-order valence-corrected chi connectivity index (χ2v) is 7.88. The fourth-order valence-electron chi connectivity index (χ4n) is 3.32. The predicted molar refractivity (Wildman–Crippen MR) is 112 cm³/mol. The summed E-state index contributed by atoms with van der Waals surface area (Å²) in [5, 5.41) is 12.1. The van der Waals surface area contributed by atoms with Gasteiger partial charge in [0.2, 0.25) is 0 Å². The van der Waals surface area contributed by atoms with Crippen LogP contribution in [0.4, 0.5) is 11.4 Å². The van der Waals surface area contributed by atoms with Crippen molar-refractivity contribution >= 4 is 38.8 Å². The summed E-state index contributed by atoms with van der Waals surface area (Å²) in [5.74, 6) is -0.185. The van der Waals surface area contributed by atoms with Crippen LogP contribution in [0.5, 0.6) is 0 Å². The van der Waals surface area contributed by atoms with E-state index in [2.05, 4.69) is 32.5 Å². The molecule has 0 unspecified atom stereocenters. The standard InChI is InChI=1S/C20H23N5O2S/c1-12-13(2)23-24-20-16(12)17(21)18(28-20)19(26)22-11-14-3-5-15(6-4-14)25-7-9-27-10-8-25/h3-6H,7-11,21H2,1-2H3,(H,22,26). The minimum atomic E-state index is -0.185. The van der Waals surface area contributed by atoms with Gasteiger partial charge in [-0.25, -0.2) is 0 Å². The van der Waals surface area contributed by atoms with E-state index in [9.17, 15) is 4.79 Å². The molecule has 1 amide bonds. The van der Waals surface area contributed by atoms with E-state index < -0.39 is 0 Å². The zero-order valence-corrected chi connectivity index (χ0v) is 16.8. The number of ether oxygens (including phenoxy) is 1.